The minimum Gasteiger partial charge on any atom is -0.391 e. The molecule has 6 heteroatoms. The van der Waals surface area contributed by atoms with Gasteiger partial charge < -0.3 is 16.6 Å². The second kappa shape index (κ2) is 3.82. The number of anilines is 2. The summed E-state index contributed by atoms with van der Waals surface area (Å²) in [6.45, 7) is -0.327. The van der Waals surface area contributed by atoms with Gasteiger partial charge in [-0.2, -0.15) is 0 Å². The average molecular weight is 222 g/mol. The Morgan fingerprint density at radius 1 is 1.31 bits per heavy atom. The van der Waals surface area contributed by atoms with Gasteiger partial charge in [-0.3, -0.25) is 0 Å². The molecule has 2 aromatic rings. The maximum atomic E-state index is 13.5. The Hall–Kier alpha value is -2.08. The zero-order chi connectivity index (χ0) is 11.7. The zero-order valence-corrected chi connectivity index (χ0v) is 8.39. The van der Waals surface area contributed by atoms with Gasteiger partial charge in [0.15, 0.2) is 5.82 Å². The van der Waals surface area contributed by atoms with Crippen LogP contribution in [0.15, 0.2) is 24.3 Å². The molecule has 0 saturated carbocycles. The smallest absolute Gasteiger partial charge is 0.153 e. The van der Waals surface area contributed by atoms with Crippen LogP contribution in [0.5, 0.6) is 0 Å². The van der Waals surface area contributed by atoms with E-state index in [1.54, 1.807) is 12.1 Å². The Morgan fingerprint density at radius 3 is 2.56 bits per heavy atom. The topological polar surface area (TPSA) is 90.1 Å². The molecule has 2 rings (SSSR count). The van der Waals surface area contributed by atoms with Crippen molar-refractivity contribution >= 4 is 11.6 Å². The van der Waals surface area contributed by atoms with E-state index >= 15 is 0 Å². The summed E-state index contributed by atoms with van der Waals surface area (Å²) in [5.41, 5.74) is 11.8. The van der Waals surface area contributed by atoms with Gasteiger partial charge in [0.2, 0.25) is 0 Å². The van der Waals surface area contributed by atoms with Crippen LogP contribution in [-0.2, 0) is 6.61 Å². The maximum Gasteiger partial charge on any atom is 0.153 e. The van der Waals surface area contributed by atoms with E-state index in [1.165, 1.54) is 16.8 Å². The predicted octanol–water partition coefficient (Wildman–Crippen LogP) is 0.668. The molecule has 16 heavy (non-hydrogen) atoms. The molecule has 0 radical (unpaired) electrons. The highest BCUT2D eigenvalue weighted by atomic mass is 19.1. The van der Waals surface area contributed by atoms with Gasteiger partial charge in [0, 0.05) is 0 Å². The molecule has 0 saturated heterocycles. The van der Waals surface area contributed by atoms with Crippen molar-refractivity contribution in [3.8, 4) is 5.69 Å². The van der Waals surface area contributed by atoms with Gasteiger partial charge in [-0.1, -0.05) is 12.1 Å². The first-order valence-electron chi connectivity index (χ1n) is 4.63. The van der Waals surface area contributed by atoms with Gasteiger partial charge in [0.25, 0.3) is 0 Å². The number of aromatic nitrogens is 2. The summed E-state index contributed by atoms with van der Waals surface area (Å²) < 4.78 is 14.7. The fourth-order valence-corrected chi connectivity index (χ4v) is 1.45. The van der Waals surface area contributed by atoms with Gasteiger partial charge in [-0.05, 0) is 12.1 Å². The fourth-order valence-electron chi connectivity index (χ4n) is 1.45. The molecule has 0 aliphatic rings. The third-order valence-electron chi connectivity index (χ3n) is 2.29. The minimum absolute atomic E-state index is 0.100. The van der Waals surface area contributed by atoms with Crippen LogP contribution in [-0.4, -0.2) is 14.9 Å². The molecule has 0 spiro atoms. The van der Waals surface area contributed by atoms with E-state index in [4.69, 9.17) is 16.6 Å². The highest BCUT2D eigenvalue weighted by Crippen LogP contribution is 2.23. The van der Waals surface area contributed by atoms with Crippen molar-refractivity contribution in [3.63, 3.8) is 0 Å². The van der Waals surface area contributed by atoms with Crippen molar-refractivity contribution in [1.82, 2.24) is 9.78 Å². The van der Waals surface area contributed by atoms with E-state index in [9.17, 15) is 4.39 Å². The van der Waals surface area contributed by atoms with Crippen LogP contribution in [0, 0.1) is 5.82 Å². The quantitative estimate of drug-likeness (QED) is 0.696. The molecule has 1 heterocycles. The number of hydrogen-bond donors (Lipinski definition) is 3. The molecule has 0 bridgehead atoms. The van der Waals surface area contributed by atoms with Crippen molar-refractivity contribution < 1.29 is 9.50 Å². The predicted molar refractivity (Wildman–Crippen MR) is 58.3 cm³/mol. The molecule has 0 aliphatic heterocycles. The molecule has 84 valence electrons. The van der Waals surface area contributed by atoms with Gasteiger partial charge in [-0.25, -0.2) is 9.07 Å². The number of benzene rings is 1. The second-order valence-electron chi connectivity index (χ2n) is 3.27. The highest BCUT2D eigenvalue weighted by Gasteiger charge is 2.15. The fraction of sp³-hybridized carbons (Fsp3) is 0.100. The molecule has 0 fully saturated rings. The van der Waals surface area contributed by atoms with Crippen LogP contribution in [0.2, 0.25) is 0 Å². The van der Waals surface area contributed by atoms with Gasteiger partial charge >= 0.3 is 0 Å². The summed E-state index contributed by atoms with van der Waals surface area (Å²) in [5.74, 6) is -0.213. The van der Waals surface area contributed by atoms with Gasteiger partial charge in [-0.15, -0.1) is 5.10 Å². The van der Waals surface area contributed by atoms with Crippen molar-refractivity contribution in [2.24, 2.45) is 0 Å². The van der Waals surface area contributed by atoms with E-state index < -0.39 is 5.82 Å². The summed E-state index contributed by atoms with van der Waals surface area (Å²) in [6, 6.07) is 6.05. The van der Waals surface area contributed by atoms with Crippen molar-refractivity contribution in [1.29, 1.82) is 0 Å². The van der Waals surface area contributed by atoms with Crippen LogP contribution >= 0.6 is 0 Å². The van der Waals surface area contributed by atoms with Crippen LogP contribution in [0.25, 0.3) is 5.69 Å². The van der Waals surface area contributed by atoms with Crippen LogP contribution in [0.4, 0.5) is 16.0 Å². The van der Waals surface area contributed by atoms with Gasteiger partial charge in [0.1, 0.15) is 17.3 Å². The molecule has 0 aliphatic carbocycles. The molecule has 0 atom stereocenters. The van der Waals surface area contributed by atoms with E-state index in [0.717, 1.165) is 0 Å². The summed E-state index contributed by atoms with van der Waals surface area (Å²) in [5, 5.41) is 12.9. The molecular weight excluding hydrogens is 211 g/mol. The van der Waals surface area contributed by atoms with E-state index in [1.807, 2.05) is 0 Å². The highest BCUT2D eigenvalue weighted by molar-refractivity contribution is 5.57. The summed E-state index contributed by atoms with van der Waals surface area (Å²) in [4.78, 5) is 0. The molecule has 0 amide bonds. The number of para-hydroxylation sites is 1. The summed E-state index contributed by atoms with van der Waals surface area (Å²) in [7, 11) is 0. The number of aliphatic hydroxyl groups is 1. The number of nitrogens with two attached hydrogens (primary N) is 2. The van der Waals surface area contributed by atoms with E-state index in [0.29, 0.717) is 5.56 Å². The van der Waals surface area contributed by atoms with Crippen molar-refractivity contribution in [2.45, 2.75) is 6.61 Å². The average Bonchev–Trinajstić information content (AvgIpc) is 2.55. The Labute approximate surface area is 91.1 Å². The first kappa shape index (κ1) is 10.4. The normalized spacial score (nSPS) is 10.6. The Balaban J connectivity index is 2.62. The van der Waals surface area contributed by atoms with Crippen LogP contribution in [0.1, 0.15) is 5.56 Å². The minimum atomic E-state index is -0.457. The molecule has 5 N–H and O–H groups in total. The van der Waals surface area contributed by atoms with E-state index in [-0.39, 0.29) is 23.9 Å². The first-order chi connectivity index (χ1) is 7.65. The Kier molecular flexibility index (Phi) is 2.49. The molecule has 1 aromatic heterocycles. The summed E-state index contributed by atoms with van der Waals surface area (Å²) >= 11 is 0. The van der Waals surface area contributed by atoms with Crippen LogP contribution in [0.3, 0.4) is 0 Å². The monoisotopic (exact) mass is 222 g/mol. The number of nitrogens with zero attached hydrogens (tertiary/aromatic N) is 2. The molecular formula is C10H11FN4O. The Bertz CT molecular complexity index is 524. The van der Waals surface area contributed by atoms with Crippen molar-refractivity contribution in [2.75, 3.05) is 11.5 Å². The largest absolute Gasteiger partial charge is 0.391 e. The zero-order valence-electron chi connectivity index (χ0n) is 8.39. The Morgan fingerprint density at radius 2 is 2.00 bits per heavy atom. The number of hydrogen-bond acceptors (Lipinski definition) is 4. The van der Waals surface area contributed by atoms with Crippen molar-refractivity contribution in [3.05, 3.63) is 35.6 Å². The van der Waals surface area contributed by atoms with E-state index in [2.05, 4.69) is 5.10 Å². The number of nitrogen functional groups attached to an aromatic ring is 2. The lowest BCUT2D eigenvalue weighted by atomic mass is 10.3. The number of rotatable bonds is 2. The third kappa shape index (κ3) is 1.49. The number of aliphatic hydroxyl groups excluding tert-OH is 1. The molecule has 1 aromatic carbocycles. The lowest BCUT2D eigenvalue weighted by Gasteiger charge is -2.04. The standard InChI is InChI=1S/C10H11FN4O/c11-7-3-1-2-4-8(7)15-10(13)6(5-16)9(12)14-15/h1-4,16H,5,13H2,(H2,12,14). The SMILES string of the molecule is Nc1nn(-c2ccccc2F)c(N)c1CO. The first-order valence-corrected chi connectivity index (χ1v) is 4.63. The number of halogens is 1. The lowest BCUT2D eigenvalue weighted by Crippen LogP contribution is -2.05. The molecule has 0 unspecified atom stereocenters. The maximum absolute atomic E-state index is 13.5. The third-order valence-corrected chi connectivity index (χ3v) is 2.29. The molecule has 5 nitrogen and oxygen atoms in total. The summed E-state index contributed by atoms with van der Waals surface area (Å²) in [6.07, 6.45) is 0. The van der Waals surface area contributed by atoms with Crippen LogP contribution < -0.4 is 11.5 Å². The van der Waals surface area contributed by atoms with Gasteiger partial charge in [0.05, 0.1) is 12.2 Å². The lowest BCUT2D eigenvalue weighted by molar-refractivity contribution is 0.283. The second-order valence-corrected chi connectivity index (χ2v) is 3.27.